The van der Waals surface area contributed by atoms with Crippen LogP contribution in [-0.4, -0.2) is 38.6 Å². The molecule has 1 saturated carbocycles. The molecule has 0 radical (unpaired) electrons. The Morgan fingerprint density at radius 1 is 1.27 bits per heavy atom. The lowest BCUT2D eigenvalue weighted by Gasteiger charge is -2.17. The molecule has 0 aromatic heterocycles. The van der Waals surface area contributed by atoms with Crippen LogP contribution in [0.3, 0.4) is 0 Å². The Bertz CT molecular complexity index is 459. The molecule has 4 heteroatoms. The van der Waals surface area contributed by atoms with Gasteiger partial charge in [0, 0.05) is 21.2 Å². The molecule has 1 aliphatic rings. The molecule has 1 fully saturated rings. The molecule has 4 nitrogen and oxygen atoms in total. The van der Waals surface area contributed by atoms with Crippen LogP contribution in [0.2, 0.25) is 0 Å². The minimum atomic E-state index is 0. The standard InChI is InChI=1S/C12H17NO.C9H20O.CH4O.H2/c1-9(13-2)10-4-3-5-12(8-10)14-11-6-7-11;1-5-6-7-10-8-9(2,3)4;1-2;/h3-5,8-9,11,13H,6-7H2,1-2H3;5-8H2,1-4H3;2H,1H3;1H/t9-;;;/m1.../s1. The van der Waals surface area contributed by atoms with Crippen molar-refractivity contribution in [3.8, 4) is 5.75 Å². The summed E-state index contributed by atoms with van der Waals surface area (Å²) in [4.78, 5) is 0. The molecule has 1 aromatic rings. The molecule has 0 unspecified atom stereocenters. The van der Waals surface area contributed by atoms with E-state index in [0.717, 1.165) is 26.1 Å². The fraction of sp³-hybridized carbons (Fsp3) is 0.727. The molecule has 1 aliphatic carbocycles. The van der Waals surface area contributed by atoms with Crippen LogP contribution in [0.25, 0.3) is 0 Å². The summed E-state index contributed by atoms with van der Waals surface area (Å²) in [6.45, 7) is 12.7. The lowest BCUT2D eigenvalue weighted by Crippen LogP contribution is -2.14. The second-order valence-electron chi connectivity index (χ2n) is 7.87. The number of nitrogens with one attached hydrogen (secondary N) is 1. The van der Waals surface area contributed by atoms with Gasteiger partial charge in [-0.25, -0.2) is 0 Å². The van der Waals surface area contributed by atoms with Crippen molar-refractivity contribution in [2.24, 2.45) is 5.41 Å². The van der Waals surface area contributed by atoms with Crippen molar-refractivity contribution in [1.29, 1.82) is 0 Å². The maximum atomic E-state index is 7.00. The monoisotopic (exact) mass is 369 g/mol. The van der Waals surface area contributed by atoms with Crippen LogP contribution in [0, 0.1) is 5.41 Å². The van der Waals surface area contributed by atoms with Gasteiger partial charge in [0.15, 0.2) is 0 Å². The zero-order valence-electron chi connectivity index (χ0n) is 18.0. The molecular weight excluding hydrogens is 326 g/mol. The summed E-state index contributed by atoms with van der Waals surface area (Å²) in [5.74, 6) is 1.01. The van der Waals surface area contributed by atoms with Gasteiger partial charge in [0.2, 0.25) is 0 Å². The molecule has 0 bridgehead atoms. The van der Waals surface area contributed by atoms with E-state index in [1.807, 2.05) is 13.1 Å². The van der Waals surface area contributed by atoms with E-state index in [-0.39, 0.29) is 1.43 Å². The summed E-state index contributed by atoms with van der Waals surface area (Å²) in [7, 11) is 2.97. The van der Waals surface area contributed by atoms with Crippen LogP contribution in [0.5, 0.6) is 5.75 Å². The Morgan fingerprint density at radius 3 is 2.42 bits per heavy atom. The van der Waals surface area contributed by atoms with Gasteiger partial charge in [0.25, 0.3) is 0 Å². The summed E-state index contributed by atoms with van der Waals surface area (Å²) in [6.07, 6.45) is 5.33. The van der Waals surface area contributed by atoms with E-state index in [2.05, 4.69) is 58.1 Å². The van der Waals surface area contributed by atoms with Gasteiger partial charge in [0.05, 0.1) is 12.7 Å². The van der Waals surface area contributed by atoms with Crippen LogP contribution in [0.4, 0.5) is 0 Å². The van der Waals surface area contributed by atoms with Gasteiger partial charge in [-0.1, -0.05) is 46.2 Å². The summed E-state index contributed by atoms with van der Waals surface area (Å²) in [5.41, 5.74) is 1.61. The van der Waals surface area contributed by atoms with Crippen LogP contribution in [0.15, 0.2) is 24.3 Å². The third-order valence-electron chi connectivity index (χ3n) is 3.80. The molecule has 0 saturated heterocycles. The van der Waals surface area contributed by atoms with Crippen LogP contribution in [0.1, 0.15) is 73.3 Å². The number of aliphatic hydroxyl groups is 1. The molecule has 1 aromatic carbocycles. The first kappa shape index (κ1) is 24.9. The highest BCUT2D eigenvalue weighted by atomic mass is 16.5. The average Bonchev–Trinajstić information content (AvgIpc) is 3.44. The van der Waals surface area contributed by atoms with E-state index in [9.17, 15) is 0 Å². The highest BCUT2D eigenvalue weighted by Gasteiger charge is 2.23. The average molecular weight is 370 g/mol. The van der Waals surface area contributed by atoms with Crippen molar-refractivity contribution in [2.45, 2.75) is 72.4 Å². The molecule has 1 atom stereocenters. The van der Waals surface area contributed by atoms with Gasteiger partial charge in [-0.15, -0.1) is 0 Å². The first-order valence-electron chi connectivity index (χ1n) is 9.82. The number of hydrogen-bond acceptors (Lipinski definition) is 4. The van der Waals surface area contributed by atoms with Crippen molar-refractivity contribution in [2.75, 3.05) is 27.4 Å². The van der Waals surface area contributed by atoms with E-state index in [1.54, 1.807) is 0 Å². The van der Waals surface area contributed by atoms with Crippen molar-refractivity contribution < 1.29 is 16.0 Å². The maximum Gasteiger partial charge on any atom is 0.120 e. The number of hydrogen-bond donors (Lipinski definition) is 2. The summed E-state index contributed by atoms with van der Waals surface area (Å²) >= 11 is 0. The Hall–Kier alpha value is -1.10. The van der Waals surface area contributed by atoms with E-state index < -0.39 is 0 Å². The van der Waals surface area contributed by atoms with Gasteiger partial charge in [-0.2, -0.15) is 0 Å². The van der Waals surface area contributed by atoms with Crippen molar-refractivity contribution in [3.63, 3.8) is 0 Å². The van der Waals surface area contributed by atoms with Crippen LogP contribution >= 0.6 is 0 Å². The normalized spacial score (nSPS) is 14.5. The number of benzene rings is 1. The largest absolute Gasteiger partial charge is 0.490 e. The van der Waals surface area contributed by atoms with E-state index >= 15 is 0 Å². The molecule has 0 spiro atoms. The van der Waals surface area contributed by atoms with Crippen molar-refractivity contribution in [3.05, 3.63) is 29.8 Å². The van der Waals surface area contributed by atoms with E-state index in [1.165, 1.54) is 31.2 Å². The van der Waals surface area contributed by atoms with Gasteiger partial charge in [-0.3, -0.25) is 0 Å². The third kappa shape index (κ3) is 13.2. The molecule has 0 heterocycles. The topological polar surface area (TPSA) is 50.7 Å². The number of aliphatic hydroxyl groups excluding tert-OH is 1. The zero-order chi connectivity index (χ0) is 20.0. The highest BCUT2D eigenvalue weighted by Crippen LogP contribution is 2.28. The van der Waals surface area contributed by atoms with E-state index in [4.69, 9.17) is 14.6 Å². The Kier molecular flexibility index (Phi) is 13.4. The smallest absolute Gasteiger partial charge is 0.120 e. The van der Waals surface area contributed by atoms with Crippen LogP contribution in [-0.2, 0) is 4.74 Å². The molecule has 26 heavy (non-hydrogen) atoms. The van der Waals surface area contributed by atoms with Gasteiger partial charge < -0.3 is 19.9 Å². The lowest BCUT2D eigenvalue weighted by molar-refractivity contribution is 0.0694. The quantitative estimate of drug-likeness (QED) is 0.617. The summed E-state index contributed by atoms with van der Waals surface area (Å²) in [6, 6.07) is 8.73. The second-order valence-corrected chi connectivity index (χ2v) is 7.87. The lowest BCUT2D eigenvalue weighted by atomic mass is 9.99. The number of ether oxygens (including phenoxy) is 2. The Balaban J connectivity index is 0. The fourth-order valence-corrected chi connectivity index (χ4v) is 2.03. The molecule has 0 aliphatic heterocycles. The van der Waals surface area contributed by atoms with Gasteiger partial charge >= 0.3 is 0 Å². The van der Waals surface area contributed by atoms with E-state index in [0.29, 0.717) is 17.6 Å². The van der Waals surface area contributed by atoms with Gasteiger partial charge in [-0.05, 0) is 56.3 Å². The maximum absolute atomic E-state index is 7.00. The van der Waals surface area contributed by atoms with Crippen LogP contribution < -0.4 is 10.1 Å². The van der Waals surface area contributed by atoms with Crippen molar-refractivity contribution >= 4 is 0 Å². The predicted octanol–water partition coefficient (Wildman–Crippen LogP) is 5.21. The summed E-state index contributed by atoms with van der Waals surface area (Å²) in [5, 5.41) is 10.2. The minimum absolute atomic E-state index is 0. The Labute approximate surface area is 162 Å². The molecular formula is C22H43NO3. The first-order chi connectivity index (χ1) is 12.4. The molecule has 2 rings (SSSR count). The second kappa shape index (κ2) is 14.0. The van der Waals surface area contributed by atoms with Gasteiger partial charge in [0.1, 0.15) is 5.75 Å². The predicted molar refractivity (Wildman–Crippen MR) is 113 cm³/mol. The fourth-order valence-electron chi connectivity index (χ4n) is 2.03. The SMILES string of the molecule is CCCCOCC(C)(C)C.CN[C@H](C)c1cccc(OC2CC2)c1.CO.[HH]. The molecule has 0 amide bonds. The highest BCUT2D eigenvalue weighted by molar-refractivity contribution is 5.30. The molecule has 154 valence electrons. The third-order valence-corrected chi connectivity index (χ3v) is 3.80. The minimum Gasteiger partial charge on any atom is -0.490 e. The van der Waals surface area contributed by atoms with Crippen molar-refractivity contribution in [1.82, 2.24) is 5.32 Å². The summed E-state index contributed by atoms with van der Waals surface area (Å²) < 4.78 is 11.2. The number of rotatable bonds is 8. The number of unbranched alkanes of at least 4 members (excludes halogenated alkanes) is 1. The molecule has 2 N–H and O–H groups in total. The Morgan fingerprint density at radius 2 is 1.92 bits per heavy atom. The first-order valence-corrected chi connectivity index (χ1v) is 9.82. The zero-order valence-corrected chi connectivity index (χ0v) is 18.0.